The number of aromatic amines is 1. The van der Waals surface area contributed by atoms with Gasteiger partial charge in [-0.3, -0.25) is 14.2 Å². The average Bonchev–Trinajstić information content (AvgIpc) is 3.24. The third-order valence-corrected chi connectivity index (χ3v) is 5.93. The number of hydrogen-bond donors (Lipinski definition) is 1. The summed E-state index contributed by atoms with van der Waals surface area (Å²) >= 11 is 0. The Morgan fingerprint density at radius 3 is 2.38 bits per heavy atom. The van der Waals surface area contributed by atoms with Crippen LogP contribution in [0.15, 0.2) is 28.2 Å². The molecule has 2 aliphatic heterocycles. The lowest BCUT2D eigenvalue weighted by atomic mass is 9.92. The third-order valence-electron chi connectivity index (χ3n) is 5.93. The van der Waals surface area contributed by atoms with Gasteiger partial charge >= 0.3 is 5.69 Å². The highest BCUT2D eigenvalue weighted by atomic mass is 16.2. The van der Waals surface area contributed by atoms with Crippen molar-refractivity contribution in [1.29, 1.82) is 0 Å². The Morgan fingerprint density at radius 1 is 1.10 bits per heavy atom. The van der Waals surface area contributed by atoms with E-state index in [0.29, 0.717) is 24.9 Å². The molecule has 2 aromatic rings. The molecular formula is C20H26N6O3. The Kier molecular flexibility index (Phi) is 4.55. The maximum atomic E-state index is 12.8. The molecule has 0 aromatic carbocycles. The van der Waals surface area contributed by atoms with Crippen molar-refractivity contribution in [2.75, 3.05) is 31.1 Å². The van der Waals surface area contributed by atoms with Crippen LogP contribution in [0.25, 0.3) is 0 Å². The van der Waals surface area contributed by atoms with Crippen molar-refractivity contribution in [1.82, 2.24) is 24.4 Å². The molecule has 0 saturated carbocycles. The highest BCUT2D eigenvalue weighted by Gasteiger charge is 2.42. The van der Waals surface area contributed by atoms with Gasteiger partial charge in [-0.2, -0.15) is 0 Å². The lowest BCUT2D eigenvalue weighted by Gasteiger charge is -2.24. The van der Waals surface area contributed by atoms with E-state index in [1.807, 2.05) is 6.07 Å². The molecule has 2 fully saturated rings. The quantitative estimate of drug-likeness (QED) is 0.784. The Hall–Kier alpha value is -2.97. The molecule has 9 heteroatoms. The van der Waals surface area contributed by atoms with Crippen LogP contribution in [0.1, 0.15) is 36.8 Å². The van der Waals surface area contributed by atoms with E-state index in [9.17, 15) is 14.4 Å². The van der Waals surface area contributed by atoms with Crippen LogP contribution in [0.5, 0.6) is 0 Å². The number of fused-ring (bicyclic) bond motifs is 1. The molecule has 2 unspecified atom stereocenters. The smallest absolute Gasteiger partial charge is 0.328 e. The second-order valence-corrected chi connectivity index (χ2v) is 9.02. The number of rotatable bonds is 2. The van der Waals surface area contributed by atoms with Gasteiger partial charge in [-0.05, 0) is 0 Å². The molecule has 2 atom stereocenters. The summed E-state index contributed by atoms with van der Waals surface area (Å²) in [6, 6.07) is 2.05. The predicted octanol–water partition coefficient (Wildman–Crippen LogP) is 0.370. The fourth-order valence-electron chi connectivity index (χ4n) is 4.17. The normalized spacial score (nSPS) is 21.5. The van der Waals surface area contributed by atoms with Crippen LogP contribution in [-0.4, -0.2) is 56.5 Å². The number of H-pyrrole nitrogens is 1. The van der Waals surface area contributed by atoms with E-state index >= 15 is 0 Å². The van der Waals surface area contributed by atoms with E-state index in [2.05, 4.69) is 40.6 Å². The van der Waals surface area contributed by atoms with E-state index in [1.165, 1.54) is 13.2 Å². The van der Waals surface area contributed by atoms with Gasteiger partial charge in [0.1, 0.15) is 17.7 Å². The molecular weight excluding hydrogens is 372 g/mol. The summed E-state index contributed by atoms with van der Waals surface area (Å²) in [4.78, 5) is 51.9. The minimum absolute atomic E-state index is 0.00884. The second-order valence-electron chi connectivity index (χ2n) is 9.02. The van der Waals surface area contributed by atoms with Gasteiger partial charge in [-0.25, -0.2) is 14.8 Å². The van der Waals surface area contributed by atoms with Crippen LogP contribution in [0.2, 0.25) is 0 Å². The van der Waals surface area contributed by atoms with Crippen LogP contribution in [0.4, 0.5) is 5.82 Å². The summed E-state index contributed by atoms with van der Waals surface area (Å²) in [6.45, 7) is 9.21. The zero-order valence-corrected chi connectivity index (χ0v) is 17.2. The van der Waals surface area contributed by atoms with Crippen molar-refractivity contribution in [3.05, 3.63) is 50.7 Å². The Bertz CT molecular complexity index is 1050. The summed E-state index contributed by atoms with van der Waals surface area (Å²) in [5, 5.41) is 0. The standard InChI is InChI=1S/C20H26N6O3/c1-20(2,3)15-5-16(23-11-22-15)25-7-12-9-26(10-13(12)8-25)18(28)14-6-21-19(29)24(4)17(14)27/h5-6,11-13H,7-10H2,1-4H3,(H,21,29). The molecule has 4 rings (SSSR count). The number of anilines is 1. The Balaban J connectivity index is 1.47. The number of nitrogens with zero attached hydrogens (tertiary/aromatic N) is 5. The van der Waals surface area contributed by atoms with Gasteiger partial charge in [-0.15, -0.1) is 0 Å². The van der Waals surface area contributed by atoms with Gasteiger partial charge in [0.15, 0.2) is 0 Å². The largest absolute Gasteiger partial charge is 0.356 e. The van der Waals surface area contributed by atoms with Crippen molar-refractivity contribution in [3.8, 4) is 0 Å². The first kappa shape index (κ1) is 19.4. The molecule has 2 aromatic heterocycles. The fourth-order valence-corrected chi connectivity index (χ4v) is 4.17. The molecule has 29 heavy (non-hydrogen) atoms. The van der Waals surface area contributed by atoms with Crippen molar-refractivity contribution in [3.63, 3.8) is 0 Å². The predicted molar refractivity (Wildman–Crippen MR) is 108 cm³/mol. The second kappa shape index (κ2) is 6.82. The number of amides is 1. The molecule has 2 aliphatic rings. The van der Waals surface area contributed by atoms with E-state index < -0.39 is 11.2 Å². The molecule has 1 amide bonds. The molecule has 2 saturated heterocycles. The summed E-state index contributed by atoms with van der Waals surface area (Å²) in [6.07, 6.45) is 2.84. The monoisotopic (exact) mass is 398 g/mol. The van der Waals surface area contributed by atoms with Crippen LogP contribution in [-0.2, 0) is 12.5 Å². The van der Waals surface area contributed by atoms with Crippen molar-refractivity contribution >= 4 is 11.7 Å². The lowest BCUT2D eigenvalue weighted by molar-refractivity contribution is 0.0779. The Morgan fingerprint density at radius 2 is 1.76 bits per heavy atom. The van der Waals surface area contributed by atoms with E-state index in [-0.39, 0.29) is 16.9 Å². The van der Waals surface area contributed by atoms with Crippen molar-refractivity contribution in [2.45, 2.75) is 26.2 Å². The molecule has 0 aliphatic carbocycles. The van der Waals surface area contributed by atoms with Crippen LogP contribution in [0.3, 0.4) is 0 Å². The maximum absolute atomic E-state index is 12.8. The number of nitrogens with one attached hydrogen (secondary N) is 1. The summed E-state index contributed by atoms with van der Waals surface area (Å²) in [7, 11) is 1.36. The van der Waals surface area contributed by atoms with Gasteiger partial charge in [-0.1, -0.05) is 20.8 Å². The number of hydrogen-bond acceptors (Lipinski definition) is 6. The highest BCUT2D eigenvalue weighted by molar-refractivity contribution is 5.93. The summed E-state index contributed by atoms with van der Waals surface area (Å²) < 4.78 is 0.924. The van der Waals surface area contributed by atoms with E-state index in [1.54, 1.807) is 11.2 Å². The zero-order chi connectivity index (χ0) is 20.9. The van der Waals surface area contributed by atoms with Crippen LogP contribution in [0, 0.1) is 11.8 Å². The Labute approximate surface area is 168 Å². The molecule has 0 bridgehead atoms. The number of carbonyl (C=O) groups excluding carboxylic acids is 1. The van der Waals surface area contributed by atoms with Gasteiger partial charge < -0.3 is 14.8 Å². The number of aromatic nitrogens is 4. The summed E-state index contributed by atoms with van der Waals surface area (Å²) in [5.74, 6) is 1.27. The SMILES string of the molecule is Cn1c(=O)[nH]cc(C(=O)N2CC3CN(c4cc(C(C)(C)C)ncn4)CC3C2)c1=O. The topological polar surface area (TPSA) is 104 Å². The highest BCUT2D eigenvalue weighted by Crippen LogP contribution is 2.34. The van der Waals surface area contributed by atoms with Crippen molar-refractivity contribution in [2.24, 2.45) is 18.9 Å². The van der Waals surface area contributed by atoms with E-state index in [4.69, 9.17) is 0 Å². The maximum Gasteiger partial charge on any atom is 0.328 e. The van der Waals surface area contributed by atoms with Crippen LogP contribution >= 0.6 is 0 Å². The average molecular weight is 398 g/mol. The first-order chi connectivity index (χ1) is 13.6. The van der Waals surface area contributed by atoms with Gasteiger partial charge in [0.05, 0.1) is 5.69 Å². The molecule has 0 radical (unpaired) electrons. The number of carbonyl (C=O) groups is 1. The molecule has 4 heterocycles. The minimum Gasteiger partial charge on any atom is -0.356 e. The molecule has 0 spiro atoms. The molecule has 1 N–H and O–H groups in total. The summed E-state index contributed by atoms with van der Waals surface area (Å²) in [5.41, 5.74) is -0.118. The molecule has 154 valence electrons. The lowest BCUT2D eigenvalue weighted by Crippen LogP contribution is -2.41. The molecule has 9 nitrogen and oxygen atoms in total. The first-order valence-corrected chi connectivity index (χ1v) is 9.80. The van der Waals surface area contributed by atoms with Crippen molar-refractivity contribution < 1.29 is 4.79 Å². The fraction of sp³-hybridized carbons (Fsp3) is 0.550. The van der Waals surface area contributed by atoms with Gasteiger partial charge in [0.25, 0.3) is 11.5 Å². The number of likely N-dealkylation sites (tertiary alicyclic amines) is 1. The van der Waals surface area contributed by atoms with E-state index in [0.717, 1.165) is 29.2 Å². The first-order valence-electron chi connectivity index (χ1n) is 9.80. The van der Waals surface area contributed by atoms with Crippen LogP contribution < -0.4 is 16.1 Å². The third kappa shape index (κ3) is 3.45. The zero-order valence-electron chi connectivity index (χ0n) is 17.2. The van der Waals surface area contributed by atoms with Gasteiger partial charge in [0, 0.05) is 62.7 Å². The van der Waals surface area contributed by atoms with Gasteiger partial charge in [0.2, 0.25) is 0 Å². The minimum atomic E-state index is -0.562.